The molecule has 15 heavy (non-hydrogen) atoms. The van der Waals surface area contributed by atoms with Crippen LogP contribution in [0.5, 0.6) is 5.88 Å². The quantitative estimate of drug-likeness (QED) is 0.760. The normalized spacial score (nSPS) is 10.9. The minimum absolute atomic E-state index is 0.519. The number of hydrogen-bond acceptors (Lipinski definition) is 2. The molecule has 0 unspecified atom stereocenters. The second-order valence-electron chi connectivity index (χ2n) is 4.04. The maximum absolute atomic E-state index is 5.67. The number of aromatic nitrogens is 1. The largest absolute Gasteiger partial charge is 0.477 e. The van der Waals surface area contributed by atoms with E-state index in [9.17, 15) is 0 Å². The highest BCUT2D eigenvalue weighted by molar-refractivity contribution is 5.86. The van der Waals surface area contributed by atoms with E-state index in [0.717, 1.165) is 11.3 Å². The Bertz CT molecular complexity index is 446. The monoisotopic (exact) mass is 201 g/mol. The van der Waals surface area contributed by atoms with E-state index < -0.39 is 0 Å². The molecule has 0 bridgehead atoms. The molecule has 2 heteroatoms. The van der Waals surface area contributed by atoms with Gasteiger partial charge in [0.2, 0.25) is 5.88 Å². The van der Waals surface area contributed by atoms with Gasteiger partial charge in [0.25, 0.3) is 0 Å². The van der Waals surface area contributed by atoms with Crippen molar-refractivity contribution in [3.63, 3.8) is 0 Å². The molecule has 0 saturated carbocycles. The number of pyridine rings is 1. The van der Waals surface area contributed by atoms with E-state index in [1.165, 1.54) is 5.39 Å². The van der Waals surface area contributed by atoms with Crippen molar-refractivity contribution in [2.75, 3.05) is 6.61 Å². The summed E-state index contributed by atoms with van der Waals surface area (Å²) in [5, 5.41) is 2.26. The van der Waals surface area contributed by atoms with Gasteiger partial charge in [-0.15, -0.1) is 0 Å². The van der Waals surface area contributed by atoms with Crippen LogP contribution in [0.4, 0.5) is 0 Å². The van der Waals surface area contributed by atoms with Gasteiger partial charge in [-0.05, 0) is 23.4 Å². The van der Waals surface area contributed by atoms with Gasteiger partial charge < -0.3 is 4.74 Å². The molecule has 0 fully saturated rings. The molecule has 0 N–H and O–H groups in total. The fourth-order valence-corrected chi connectivity index (χ4v) is 1.45. The van der Waals surface area contributed by atoms with Crippen LogP contribution in [0.3, 0.4) is 0 Å². The zero-order valence-corrected chi connectivity index (χ0v) is 9.10. The van der Waals surface area contributed by atoms with E-state index in [1.807, 2.05) is 24.3 Å². The molecule has 0 aliphatic heterocycles. The van der Waals surface area contributed by atoms with Gasteiger partial charge in [0, 0.05) is 11.6 Å². The molecule has 0 saturated heterocycles. The van der Waals surface area contributed by atoms with Gasteiger partial charge in [0.1, 0.15) is 0 Å². The summed E-state index contributed by atoms with van der Waals surface area (Å²) in [5.41, 5.74) is 0. The number of benzene rings is 1. The molecule has 2 aromatic rings. The minimum Gasteiger partial charge on any atom is -0.477 e. The van der Waals surface area contributed by atoms with Crippen molar-refractivity contribution in [1.82, 2.24) is 4.98 Å². The Morgan fingerprint density at radius 3 is 2.80 bits per heavy atom. The summed E-state index contributed by atoms with van der Waals surface area (Å²) in [4.78, 5) is 4.26. The summed E-state index contributed by atoms with van der Waals surface area (Å²) in [6.07, 6.45) is 1.79. The molecule has 2 nitrogen and oxygen atoms in total. The van der Waals surface area contributed by atoms with Crippen LogP contribution in [0.2, 0.25) is 0 Å². The van der Waals surface area contributed by atoms with Crippen LogP contribution in [0.25, 0.3) is 10.8 Å². The van der Waals surface area contributed by atoms with E-state index in [2.05, 4.69) is 24.9 Å². The van der Waals surface area contributed by atoms with E-state index >= 15 is 0 Å². The summed E-state index contributed by atoms with van der Waals surface area (Å²) < 4.78 is 5.67. The third kappa shape index (κ3) is 2.27. The minimum atomic E-state index is 0.519. The lowest BCUT2D eigenvalue weighted by Crippen LogP contribution is -2.05. The summed E-state index contributed by atoms with van der Waals surface area (Å²) in [5.74, 6) is 1.26. The summed E-state index contributed by atoms with van der Waals surface area (Å²) in [6, 6.07) is 10.1. The van der Waals surface area contributed by atoms with Crippen LogP contribution in [-0.4, -0.2) is 11.6 Å². The standard InChI is InChI=1S/C13H15NO/c1-10(2)9-15-13-12-6-4-3-5-11(12)7-8-14-13/h3-8,10H,9H2,1-2H3. The van der Waals surface area contributed by atoms with E-state index in [-0.39, 0.29) is 0 Å². The van der Waals surface area contributed by atoms with Gasteiger partial charge in [-0.2, -0.15) is 0 Å². The highest BCUT2D eigenvalue weighted by Crippen LogP contribution is 2.22. The van der Waals surface area contributed by atoms with Crippen LogP contribution in [0.1, 0.15) is 13.8 Å². The lowest BCUT2D eigenvalue weighted by Gasteiger charge is -2.09. The van der Waals surface area contributed by atoms with Gasteiger partial charge >= 0.3 is 0 Å². The van der Waals surface area contributed by atoms with Gasteiger partial charge in [-0.3, -0.25) is 0 Å². The summed E-state index contributed by atoms with van der Waals surface area (Å²) in [7, 11) is 0. The fraction of sp³-hybridized carbons (Fsp3) is 0.308. The van der Waals surface area contributed by atoms with Crippen LogP contribution in [-0.2, 0) is 0 Å². The summed E-state index contributed by atoms with van der Waals surface area (Å²) >= 11 is 0. The molecule has 0 aliphatic carbocycles. The van der Waals surface area contributed by atoms with Crippen LogP contribution in [0, 0.1) is 5.92 Å². The van der Waals surface area contributed by atoms with Crippen LogP contribution < -0.4 is 4.74 Å². The maximum atomic E-state index is 5.67. The molecule has 0 radical (unpaired) electrons. The third-order valence-electron chi connectivity index (χ3n) is 2.19. The first-order valence-electron chi connectivity index (χ1n) is 5.24. The van der Waals surface area contributed by atoms with Crippen molar-refractivity contribution in [3.05, 3.63) is 36.5 Å². The average Bonchev–Trinajstić information content (AvgIpc) is 2.26. The van der Waals surface area contributed by atoms with Crippen molar-refractivity contribution >= 4 is 10.8 Å². The molecule has 1 aromatic heterocycles. The predicted octanol–water partition coefficient (Wildman–Crippen LogP) is 3.27. The summed E-state index contributed by atoms with van der Waals surface area (Å²) in [6.45, 7) is 4.97. The molecular formula is C13H15NO. The highest BCUT2D eigenvalue weighted by atomic mass is 16.5. The number of ether oxygens (including phenoxy) is 1. The number of rotatable bonds is 3. The Hall–Kier alpha value is -1.57. The van der Waals surface area contributed by atoms with Crippen molar-refractivity contribution in [2.24, 2.45) is 5.92 Å². The second kappa shape index (κ2) is 4.30. The Kier molecular flexibility index (Phi) is 2.86. The first-order valence-corrected chi connectivity index (χ1v) is 5.24. The van der Waals surface area contributed by atoms with Crippen molar-refractivity contribution < 1.29 is 4.74 Å². The highest BCUT2D eigenvalue weighted by Gasteiger charge is 2.03. The molecular weight excluding hydrogens is 186 g/mol. The fourth-order valence-electron chi connectivity index (χ4n) is 1.45. The molecule has 1 aromatic carbocycles. The number of hydrogen-bond donors (Lipinski definition) is 0. The third-order valence-corrected chi connectivity index (χ3v) is 2.19. The smallest absolute Gasteiger partial charge is 0.221 e. The predicted molar refractivity (Wildman–Crippen MR) is 62.1 cm³/mol. The Balaban J connectivity index is 2.34. The molecule has 2 rings (SSSR count). The zero-order valence-electron chi connectivity index (χ0n) is 9.10. The van der Waals surface area contributed by atoms with Gasteiger partial charge in [-0.1, -0.05) is 32.0 Å². The molecule has 0 spiro atoms. The van der Waals surface area contributed by atoms with E-state index in [4.69, 9.17) is 4.74 Å². The zero-order chi connectivity index (χ0) is 10.7. The topological polar surface area (TPSA) is 22.1 Å². The maximum Gasteiger partial charge on any atom is 0.221 e. The Labute approximate surface area is 89.9 Å². The lowest BCUT2D eigenvalue weighted by atomic mass is 10.2. The van der Waals surface area contributed by atoms with Crippen LogP contribution >= 0.6 is 0 Å². The Morgan fingerprint density at radius 1 is 1.20 bits per heavy atom. The lowest BCUT2D eigenvalue weighted by molar-refractivity contribution is 0.264. The van der Waals surface area contributed by atoms with Crippen LogP contribution in [0.15, 0.2) is 36.5 Å². The molecule has 0 atom stereocenters. The first-order chi connectivity index (χ1) is 7.27. The SMILES string of the molecule is CC(C)COc1nccc2ccccc12. The molecule has 78 valence electrons. The molecule has 0 aliphatic rings. The number of nitrogens with zero attached hydrogens (tertiary/aromatic N) is 1. The van der Waals surface area contributed by atoms with Crippen molar-refractivity contribution in [1.29, 1.82) is 0 Å². The van der Waals surface area contributed by atoms with Gasteiger partial charge in [-0.25, -0.2) is 4.98 Å². The molecule has 0 amide bonds. The van der Waals surface area contributed by atoms with E-state index in [1.54, 1.807) is 6.20 Å². The van der Waals surface area contributed by atoms with Crippen molar-refractivity contribution in [3.8, 4) is 5.88 Å². The number of fused-ring (bicyclic) bond motifs is 1. The Morgan fingerprint density at radius 2 is 2.00 bits per heavy atom. The second-order valence-corrected chi connectivity index (χ2v) is 4.04. The van der Waals surface area contributed by atoms with Gasteiger partial charge in [0.15, 0.2) is 0 Å². The van der Waals surface area contributed by atoms with E-state index in [0.29, 0.717) is 12.5 Å². The average molecular weight is 201 g/mol. The van der Waals surface area contributed by atoms with Crippen molar-refractivity contribution in [2.45, 2.75) is 13.8 Å². The molecule has 1 heterocycles. The first kappa shape index (κ1) is 9.97. The van der Waals surface area contributed by atoms with Gasteiger partial charge in [0.05, 0.1) is 6.61 Å².